The third kappa shape index (κ3) is 7.96. The van der Waals surface area contributed by atoms with Crippen LogP contribution in [0.5, 0.6) is 0 Å². The molecule has 0 bridgehead atoms. The number of hydrogen-bond donors (Lipinski definition) is 3. The molecular weight excluding hydrogens is 401 g/mol. The van der Waals surface area contributed by atoms with Gasteiger partial charge in [0.2, 0.25) is 0 Å². The summed E-state index contributed by atoms with van der Waals surface area (Å²) in [5.74, 6) is 0. The maximum absolute atomic E-state index is 9.25. The maximum atomic E-state index is 9.25. The van der Waals surface area contributed by atoms with Gasteiger partial charge in [0.05, 0.1) is 18.8 Å². The SMILES string of the molecule is CCCCCCCCc1ccc(CCC(N)(CO)CO)cc1I. The van der Waals surface area contributed by atoms with Crippen molar-refractivity contribution in [3.05, 3.63) is 32.9 Å². The zero-order valence-electron chi connectivity index (χ0n) is 14.4. The van der Waals surface area contributed by atoms with Crippen LogP contribution in [0.2, 0.25) is 0 Å². The van der Waals surface area contributed by atoms with Gasteiger partial charge in [-0.25, -0.2) is 0 Å². The lowest BCUT2D eigenvalue weighted by atomic mass is 9.93. The third-order valence-electron chi connectivity index (χ3n) is 4.46. The predicted molar refractivity (Wildman–Crippen MR) is 106 cm³/mol. The van der Waals surface area contributed by atoms with Crippen LogP contribution in [0.3, 0.4) is 0 Å². The van der Waals surface area contributed by atoms with E-state index in [1.807, 2.05) is 0 Å². The van der Waals surface area contributed by atoms with E-state index in [1.165, 1.54) is 53.2 Å². The minimum atomic E-state index is -0.872. The molecule has 132 valence electrons. The van der Waals surface area contributed by atoms with Gasteiger partial charge in [0.25, 0.3) is 0 Å². The molecule has 3 nitrogen and oxygen atoms in total. The van der Waals surface area contributed by atoms with Crippen LogP contribution < -0.4 is 5.73 Å². The molecule has 4 heteroatoms. The lowest BCUT2D eigenvalue weighted by molar-refractivity contribution is 0.115. The van der Waals surface area contributed by atoms with Gasteiger partial charge >= 0.3 is 0 Å². The molecule has 0 atom stereocenters. The van der Waals surface area contributed by atoms with Crippen molar-refractivity contribution in [1.29, 1.82) is 0 Å². The van der Waals surface area contributed by atoms with Crippen LogP contribution in [0.4, 0.5) is 0 Å². The second kappa shape index (κ2) is 11.4. The lowest BCUT2D eigenvalue weighted by Crippen LogP contribution is -2.47. The molecule has 0 saturated heterocycles. The summed E-state index contributed by atoms with van der Waals surface area (Å²) in [7, 11) is 0. The second-order valence-corrected chi connectivity index (χ2v) is 7.78. The van der Waals surface area contributed by atoms with Crippen LogP contribution in [0.15, 0.2) is 18.2 Å². The number of benzene rings is 1. The molecule has 0 saturated carbocycles. The molecule has 0 aliphatic carbocycles. The van der Waals surface area contributed by atoms with Gasteiger partial charge in [-0.3, -0.25) is 0 Å². The van der Waals surface area contributed by atoms with Crippen LogP contribution >= 0.6 is 22.6 Å². The molecule has 0 unspecified atom stereocenters. The van der Waals surface area contributed by atoms with Gasteiger partial charge in [-0.05, 0) is 65.5 Å². The van der Waals surface area contributed by atoms with Crippen molar-refractivity contribution >= 4 is 22.6 Å². The zero-order chi connectivity index (χ0) is 17.1. The number of rotatable bonds is 12. The van der Waals surface area contributed by atoms with Crippen LogP contribution in [0, 0.1) is 3.57 Å². The Morgan fingerprint density at radius 1 is 1.00 bits per heavy atom. The van der Waals surface area contributed by atoms with E-state index < -0.39 is 5.54 Å². The summed E-state index contributed by atoms with van der Waals surface area (Å²) >= 11 is 2.41. The van der Waals surface area contributed by atoms with Crippen LogP contribution in [0.1, 0.15) is 63.0 Å². The molecule has 1 rings (SSSR count). The standard InChI is InChI=1S/C19H32INO2/c1-2-3-4-5-6-7-8-17-10-9-16(13-18(17)20)11-12-19(21,14-22)15-23/h9-10,13,22-23H,2-8,11-12,14-15,21H2,1H3. The van der Waals surface area contributed by atoms with Gasteiger partial charge in [0.15, 0.2) is 0 Å². The molecule has 0 radical (unpaired) electrons. The minimum absolute atomic E-state index is 0.184. The Bertz CT molecular complexity index is 447. The highest BCUT2D eigenvalue weighted by molar-refractivity contribution is 14.1. The zero-order valence-corrected chi connectivity index (χ0v) is 16.5. The van der Waals surface area contributed by atoms with Crippen molar-refractivity contribution in [3.8, 4) is 0 Å². The van der Waals surface area contributed by atoms with E-state index >= 15 is 0 Å². The average molecular weight is 433 g/mol. The Morgan fingerprint density at radius 2 is 1.65 bits per heavy atom. The summed E-state index contributed by atoms with van der Waals surface area (Å²) in [4.78, 5) is 0. The van der Waals surface area contributed by atoms with Gasteiger partial charge in [0.1, 0.15) is 0 Å². The Labute approximate surface area is 154 Å². The largest absolute Gasteiger partial charge is 0.394 e. The van der Waals surface area contributed by atoms with Gasteiger partial charge in [-0.2, -0.15) is 0 Å². The summed E-state index contributed by atoms with van der Waals surface area (Å²) < 4.78 is 1.31. The molecule has 0 aromatic heterocycles. The molecule has 1 aromatic rings. The first-order valence-electron chi connectivity index (χ1n) is 8.82. The first kappa shape index (κ1) is 20.9. The molecule has 0 amide bonds. The summed E-state index contributed by atoms with van der Waals surface area (Å²) in [5, 5.41) is 18.5. The van der Waals surface area contributed by atoms with E-state index in [1.54, 1.807) is 0 Å². The van der Waals surface area contributed by atoms with Crippen molar-refractivity contribution in [3.63, 3.8) is 0 Å². The fraction of sp³-hybridized carbons (Fsp3) is 0.684. The monoisotopic (exact) mass is 433 g/mol. The summed E-state index contributed by atoms with van der Waals surface area (Å²) in [6.07, 6.45) is 10.5. The fourth-order valence-corrected chi connectivity index (χ4v) is 3.50. The predicted octanol–water partition coefficient (Wildman–Crippen LogP) is 3.81. The highest BCUT2D eigenvalue weighted by Crippen LogP contribution is 2.20. The van der Waals surface area contributed by atoms with Crippen molar-refractivity contribution < 1.29 is 10.2 Å². The smallest absolute Gasteiger partial charge is 0.0633 e. The summed E-state index contributed by atoms with van der Waals surface area (Å²) in [5.41, 5.74) is 7.70. The first-order valence-corrected chi connectivity index (χ1v) is 9.90. The third-order valence-corrected chi connectivity index (χ3v) is 5.46. The number of aliphatic hydroxyl groups is 2. The molecule has 1 aromatic carbocycles. The number of halogens is 1. The number of unbranched alkanes of at least 4 members (excludes halogenated alkanes) is 5. The van der Waals surface area contributed by atoms with Gasteiger partial charge in [-0.1, -0.05) is 51.2 Å². The van der Waals surface area contributed by atoms with E-state index in [-0.39, 0.29) is 13.2 Å². The molecule has 0 fully saturated rings. The highest BCUT2D eigenvalue weighted by Gasteiger charge is 2.22. The molecule has 4 N–H and O–H groups in total. The molecular formula is C19H32INO2. The van der Waals surface area contributed by atoms with Gasteiger partial charge in [0, 0.05) is 3.57 Å². The Morgan fingerprint density at radius 3 is 2.26 bits per heavy atom. The van der Waals surface area contributed by atoms with E-state index in [0.717, 1.165) is 12.8 Å². The minimum Gasteiger partial charge on any atom is -0.394 e. The Balaban J connectivity index is 2.42. The molecule has 0 aliphatic heterocycles. The lowest BCUT2D eigenvalue weighted by Gasteiger charge is -2.24. The Hall–Kier alpha value is -0.170. The molecule has 0 spiro atoms. The fourth-order valence-electron chi connectivity index (χ4n) is 2.65. The van der Waals surface area contributed by atoms with E-state index in [0.29, 0.717) is 6.42 Å². The number of nitrogens with two attached hydrogens (primary N) is 1. The van der Waals surface area contributed by atoms with Crippen LogP contribution in [0.25, 0.3) is 0 Å². The molecule has 23 heavy (non-hydrogen) atoms. The maximum Gasteiger partial charge on any atom is 0.0633 e. The normalized spacial score (nSPS) is 11.9. The van der Waals surface area contributed by atoms with E-state index in [4.69, 9.17) is 5.73 Å². The van der Waals surface area contributed by atoms with Gasteiger partial charge < -0.3 is 15.9 Å². The van der Waals surface area contributed by atoms with E-state index in [2.05, 4.69) is 47.7 Å². The van der Waals surface area contributed by atoms with E-state index in [9.17, 15) is 10.2 Å². The first-order chi connectivity index (χ1) is 11.0. The number of aryl methyl sites for hydroxylation is 2. The number of aliphatic hydroxyl groups excluding tert-OH is 2. The van der Waals surface area contributed by atoms with Crippen molar-refractivity contribution in [2.75, 3.05) is 13.2 Å². The van der Waals surface area contributed by atoms with Crippen molar-refractivity contribution in [2.45, 2.75) is 70.3 Å². The van der Waals surface area contributed by atoms with Crippen molar-refractivity contribution in [1.82, 2.24) is 0 Å². The molecule has 0 aliphatic rings. The summed E-state index contributed by atoms with van der Waals surface area (Å²) in [6.45, 7) is 1.88. The quantitative estimate of drug-likeness (QED) is 0.347. The van der Waals surface area contributed by atoms with Crippen LogP contribution in [-0.4, -0.2) is 29.0 Å². The van der Waals surface area contributed by atoms with Gasteiger partial charge in [-0.15, -0.1) is 0 Å². The topological polar surface area (TPSA) is 66.5 Å². The highest BCUT2D eigenvalue weighted by atomic mass is 127. The molecule has 0 heterocycles. The van der Waals surface area contributed by atoms with Crippen molar-refractivity contribution in [2.24, 2.45) is 5.73 Å². The Kier molecular flexibility index (Phi) is 10.3. The second-order valence-electron chi connectivity index (χ2n) is 6.62. The van der Waals surface area contributed by atoms with Crippen LogP contribution in [-0.2, 0) is 12.8 Å². The average Bonchev–Trinajstić information content (AvgIpc) is 2.57. The number of hydrogen-bond acceptors (Lipinski definition) is 3. The summed E-state index contributed by atoms with van der Waals surface area (Å²) in [6, 6.07) is 6.59.